The largest absolute Gasteiger partial charge is 0.383 e. The predicted octanol–water partition coefficient (Wildman–Crippen LogP) is 0.855. The lowest BCUT2D eigenvalue weighted by Crippen LogP contribution is -2.52. The van der Waals surface area contributed by atoms with Crippen LogP contribution in [0.5, 0.6) is 0 Å². The Balaban J connectivity index is 4.41. The first kappa shape index (κ1) is 14.4. The van der Waals surface area contributed by atoms with E-state index in [0.29, 0.717) is 19.1 Å². The van der Waals surface area contributed by atoms with Crippen LogP contribution in [0.25, 0.3) is 0 Å². The van der Waals surface area contributed by atoms with Crippen molar-refractivity contribution in [2.75, 3.05) is 26.8 Å². The van der Waals surface area contributed by atoms with Crippen LogP contribution >= 0.6 is 0 Å². The van der Waals surface area contributed by atoms with Gasteiger partial charge in [-0.1, -0.05) is 13.8 Å². The van der Waals surface area contributed by atoms with Crippen molar-refractivity contribution in [3.8, 4) is 0 Å². The monoisotopic (exact) mass is 216 g/mol. The number of methoxy groups -OCH3 is 1. The van der Waals surface area contributed by atoms with Gasteiger partial charge in [-0.15, -0.1) is 0 Å². The lowest BCUT2D eigenvalue weighted by molar-refractivity contribution is -0.137. The summed E-state index contributed by atoms with van der Waals surface area (Å²) in [5, 5.41) is 0. The number of hydrogen-bond acceptors (Lipinski definition) is 3. The van der Waals surface area contributed by atoms with Gasteiger partial charge in [0.1, 0.15) is 0 Å². The molecule has 0 saturated heterocycles. The van der Waals surface area contributed by atoms with E-state index in [2.05, 4.69) is 13.8 Å². The van der Waals surface area contributed by atoms with Crippen LogP contribution in [0.1, 0.15) is 27.7 Å². The molecule has 0 atom stereocenters. The molecule has 0 fully saturated rings. The van der Waals surface area contributed by atoms with E-state index in [1.54, 1.807) is 25.9 Å². The maximum absolute atomic E-state index is 12.0. The van der Waals surface area contributed by atoms with Gasteiger partial charge in [0.2, 0.25) is 5.91 Å². The average molecular weight is 216 g/mol. The third-order valence-electron chi connectivity index (χ3n) is 1.99. The molecular formula is C11H24N2O2. The van der Waals surface area contributed by atoms with Crippen molar-refractivity contribution in [3.05, 3.63) is 0 Å². The molecule has 4 heteroatoms. The summed E-state index contributed by atoms with van der Waals surface area (Å²) in [5.74, 6) is 0.418. The molecule has 0 bridgehead atoms. The molecule has 0 aromatic rings. The smallest absolute Gasteiger partial charge is 0.242 e. The van der Waals surface area contributed by atoms with Gasteiger partial charge < -0.3 is 15.4 Å². The van der Waals surface area contributed by atoms with Crippen molar-refractivity contribution in [1.29, 1.82) is 0 Å². The molecule has 0 aliphatic heterocycles. The first-order valence-electron chi connectivity index (χ1n) is 5.36. The van der Waals surface area contributed by atoms with Crippen molar-refractivity contribution in [3.63, 3.8) is 0 Å². The molecule has 0 radical (unpaired) electrons. The van der Waals surface area contributed by atoms with Crippen molar-refractivity contribution in [2.45, 2.75) is 33.2 Å². The first-order valence-corrected chi connectivity index (χ1v) is 5.36. The number of nitrogens with two attached hydrogens (primary N) is 1. The van der Waals surface area contributed by atoms with Crippen LogP contribution in [0, 0.1) is 5.92 Å². The molecule has 0 aliphatic rings. The third kappa shape index (κ3) is 5.74. The Morgan fingerprint density at radius 1 is 1.47 bits per heavy atom. The summed E-state index contributed by atoms with van der Waals surface area (Å²) in [5.41, 5.74) is 4.99. The highest BCUT2D eigenvalue weighted by Gasteiger charge is 2.27. The molecule has 90 valence electrons. The molecule has 0 saturated carbocycles. The van der Waals surface area contributed by atoms with Crippen molar-refractivity contribution < 1.29 is 9.53 Å². The van der Waals surface area contributed by atoms with E-state index in [0.717, 1.165) is 6.54 Å². The van der Waals surface area contributed by atoms with E-state index >= 15 is 0 Å². The summed E-state index contributed by atoms with van der Waals surface area (Å²) in [6.45, 7) is 9.50. The minimum Gasteiger partial charge on any atom is -0.383 e. The molecule has 0 aromatic heterocycles. The van der Waals surface area contributed by atoms with Gasteiger partial charge in [0.25, 0.3) is 0 Å². The molecule has 0 rings (SSSR count). The fraction of sp³-hybridized carbons (Fsp3) is 0.909. The van der Waals surface area contributed by atoms with E-state index in [9.17, 15) is 4.79 Å². The zero-order valence-corrected chi connectivity index (χ0v) is 10.5. The van der Waals surface area contributed by atoms with E-state index in [-0.39, 0.29) is 5.91 Å². The Morgan fingerprint density at radius 3 is 2.33 bits per heavy atom. The topological polar surface area (TPSA) is 55.6 Å². The maximum atomic E-state index is 12.0. The SMILES string of the molecule is COCCN(CC(C)C)C(=O)C(C)(C)N. The Bertz CT molecular complexity index is 197. The van der Waals surface area contributed by atoms with Gasteiger partial charge in [-0.3, -0.25) is 4.79 Å². The fourth-order valence-corrected chi connectivity index (χ4v) is 1.33. The summed E-state index contributed by atoms with van der Waals surface area (Å²) >= 11 is 0. The van der Waals surface area contributed by atoms with E-state index < -0.39 is 5.54 Å². The Kier molecular flexibility index (Phi) is 5.83. The number of rotatable bonds is 6. The van der Waals surface area contributed by atoms with E-state index in [4.69, 9.17) is 10.5 Å². The minimum atomic E-state index is -0.803. The lowest BCUT2D eigenvalue weighted by atomic mass is 10.0. The number of carbonyl (C=O) groups excluding carboxylic acids is 1. The summed E-state index contributed by atoms with van der Waals surface area (Å²) < 4.78 is 4.98. The number of nitrogens with zero attached hydrogens (tertiary/aromatic N) is 1. The van der Waals surface area contributed by atoms with Gasteiger partial charge in [-0.05, 0) is 19.8 Å². The molecule has 0 heterocycles. The molecule has 0 unspecified atom stereocenters. The predicted molar refractivity (Wildman–Crippen MR) is 61.6 cm³/mol. The highest BCUT2D eigenvalue weighted by Crippen LogP contribution is 2.07. The van der Waals surface area contributed by atoms with Crippen LogP contribution in [0.15, 0.2) is 0 Å². The van der Waals surface area contributed by atoms with E-state index in [1.165, 1.54) is 0 Å². The molecule has 0 aliphatic carbocycles. The molecule has 2 N–H and O–H groups in total. The quantitative estimate of drug-likeness (QED) is 0.716. The summed E-state index contributed by atoms with van der Waals surface area (Å²) in [6.07, 6.45) is 0. The first-order chi connectivity index (χ1) is 6.79. The van der Waals surface area contributed by atoms with Crippen molar-refractivity contribution in [1.82, 2.24) is 4.90 Å². The minimum absolute atomic E-state index is 0.0201. The molecule has 15 heavy (non-hydrogen) atoms. The number of carbonyl (C=O) groups is 1. The van der Waals surface area contributed by atoms with Crippen LogP contribution < -0.4 is 5.73 Å². The zero-order chi connectivity index (χ0) is 12.1. The van der Waals surface area contributed by atoms with Crippen LogP contribution in [-0.2, 0) is 9.53 Å². The van der Waals surface area contributed by atoms with Gasteiger partial charge in [-0.2, -0.15) is 0 Å². The van der Waals surface area contributed by atoms with Crippen molar-refractivity contribution >= 4 is 5.91 Å². The van der Waals surface area contributed by atoms with Crippen molar-refractivity contribution in [2.24, 2.45) is 11.7 Å². The number of hydrogen-bond donors (Lipinski definition) is 1. The molecular weight excluding hydrogens is 192 g/mol. The fourth-order valence-electron chi connectivity index (χ4n) is 1.33. The third-order valence-corrected chi connectivity index (χ3v) is 1.99. The maximum Gasteiger partial charge on any atom is 0.242 e. The highest BCUT2D eigenvalue weighted by atomic mass is 16.5. The summed E-state index contributed by atoms with van der Waals surface area (Å²) in [6, 6.07) is 0. The average Bonchev–Trinajstić information content (AvgIpc) is 2.09. The molecule has 0 spiro atoms. The second-order valence-electron chi connectivity index (χ2n) is 4.86. The van der Waals surface area contributed by atoms with Crippen LogP contribution in [0.3, 0.4) is 0 Å². The van der Waals surface area contributed by atoms with Gasteiger partial charge in [0, 0.05) is 20.2 Å². The summed E-state index contributed by atoms with van der Waals surface area (Å²) in [7, 11) is 1.63. The van der Waals surface area contributed by atoms with E-state index in [1.807, 2.05) is 0 Å². The molecule has 1 amide bonds. The summed E-state index contributed by atoms with van der Waals surface area (Å²) in [4.78, 5) is 13.7. The Morgan fingerprint density at radius 2 is 2.00 bits per heavy atom. The van der Waals surface area contributed by atoms with Gasteiger partial charge in [0.15, 0.2) is 0 Å². The molecule has 0 aromatic carbocycles. The number of amides is 1. The second kappa shape index (κ2) is 6.08. The second-order valence-corrected chi connectivity index (χ2v) is 4.86. The molecule has 4 nitrogen and oxygen atoms in total. The zero-order valence-electron chi connectivity index (χ0n) is 10.5. The number of ether oxygens (including phenoxy) is 1. The van der Waals surface area contributed by atoms with Gasteiger partial charge in [-0.25, -0.2) is 0 Å². The van der Waals surface area contributed by atoms with Crippen LogP contribution in [-0.4, -0.2) is 43.2 Å². The normalized spacial score (nSPS) is 11.9. The van der Waals surface area contributed by atoms with Gasteiger partial charge in [0.05, 0.1) is 12.1 Å². The highest BCUT2D eigenvalue weighted by molar-refractivity contribution is 5.85. The standard InChI is InChI=1S/C11H24N2O2/c1-9(2)8-13(6-7-15-5)10(14)11(3,4)12/h9H,6-8,12H2,1-5H3. The Hall–Kier alpha value is -0.610. The Labute approximate surface area is 92.8 Å². The van der Waals surface area contributed by atoms with Gasteiger partial charge >= 0.3 is 0 Å². The lowest BCUT2D eigenvalue weighted by Gasteiger charge is -2.30. The van der Waals surface area contributed by atoms with Crippen LogP contribution in [0.4, 0.5) is 0 Å². The van der Waals surface area contributed by atoms with Crippen LogP contribution in [0.2, 0.25) is 0 Å².